The number of benzene rings is 2. The molecule has 1 aliphatic rings. The molecule has 7 nitrogen and oxygen atoms in total. The van der Waals surface area contributed by atoms with Crippen molar-refractivity contribution in [3.05, 3.63) is 65.4 Å². The van der Waals surface area contributed by atoms with Crippen LogP contribution >= 0.6 is 0 Å². The largest absolute Gasteiger partial charge is 0.357 e. The molecule has 0 radical (unpaired) electrons. The molecule has 5 rings (SSSR count). The second-order valence-corrected chi connectivity index (χ2v) is 7.11. The van der Waals surface area contributed by atoms with E-state index in [-0.39, 0.29) is 12.0 Å². The third-order valence-electron chi connectivity index (χ3n) is 5.17. The van der Waals surface area contributed by atoms with Crippen molar-refractivity contribution in [3.63, 3.8) is 0 Å². The lowest BCUT2D eigenvalue weighted by Gasteiger charge is -2.26. The minimum atomic E-state index is -0.195. The molecule has 2 aromatic carbocycles. The van der Waals surface area contributed by atoms with E-state index >= 15 is 0 Å². The van der Waals surface area contributed by atoms with Crippen LogP contribution in [0, 0.1) is 6.92 Å². The lowest BCUT2D eigenvalue weighted by molar-refractivity contribution is 0.205. The fourth-order valence-corrected chi connectivity index (χ4v) is 3.78. The summed E-state index contributed by atoms with van der Waals surface area (Å²) in [4.78, 5) is 22.3. The SMILES string of the molecule is Cc1cccc(-c2nc(NC(=O)N3CCc4c([nH]c5ccccc45)C3)n[nH]2)c1. The lowest BCUT2D eigenvalue weighted by Crippen LogP contribution is -2.39. The van der Waals surface area contributed by atoms with Gasteiger partial charge in [-0.25, -0.2) is 4.79 Å². The van der Waals surface area contributed by atoms with Gasteiger partial charge in [-0.15, -0.1) is 5.10 Å². The molecule has 7 heteroatoms. The summed E-state index contributed by atoms with van der Waals surface area (Å²) in [6.45, 7) is 3.23. The van der Waals surface area contributed by atoms with Crippen molar-refractivity contribution in [2.45, 2.75) is 19.9 Å². The molecular formula is C21H20N6O. The van der Waals surface area contributed by atoms with Crippen LogP contribution in [-0.2, 0) is 13.0 Å². The van der Waals surface area contributed by atoms with Crippen LogP contribution in [0.4, 0.5) is 10.7 Å². The molecule has 0 atom stereocenters. The Kier molecular flexibility index (Phi) is 3.86. The number of H-pyrrole nitrogens is 2. The maximum atomic E-state index is 12.7. The molecule has 0 saturated heterocycles. The van der Waals surface area contributed by atoms with Gasteiger partial charge in [0.15, 0.2) is 5.82 Å². The Balaban J connectivity index is 1.31. The normalized spacial score (nSPS) is 13.5. The van der Waals surface area contributed by atoms with Gasteiger partial charge >= 0.3 is 6.03 Å². The fraction of sp³-hybridized carbons (Fsp3) is 0.190. The van der Waals surface area contributed by atoms with E-state index in [1.807, 2.05) is 43.3 Å². The molecule has 140 valence electrons. The van der Waals surface area contributed by atoms with E-state index in [0.29, 0.717) is 18.9 Å². The number of hydrogen-bond acceptors (Lipinski definition) is 3. The number of carbonyl (C=O) groups excluding carboxylic acids is 1. The number of aromatic amines is 2. The van der Waals surface area contributed by atoms with Gasteiger partial charge in [0.05, 0.1) is 6.54 Å². The molecule has 0 spiro atoms. The van der Waals surface area contributed by atoms with Crippen LogP contribution in [0.3, 0.4) is 0 Å². The highest BCUT2D eigenvalue weighted by Crippen LogP contribution is 2.27. The quantitative estimate of drug-likeness (QED) is 0.499. The van der Waals surface area contributed by atoms with E-state index in [2.05, 4.69) is 37.6 Å². The van der Waals surface area contributed by atoms with Crippen LogP contribution in [0.15, 0.2) is 48.5 Å². The summed E-state index contributed by atoms with van der Waals surface area (Å²) in [5.74, 6) is 0.916. The van der Waals surface area contributed by atoms with Crippen molar-refractivity contribution in [2.24, 2.45) is 0 Å². The maximum Gasteiger partial charge on any atom is 0.324 e. The number of carbonyl (C=O) groups is 1. The minimum Gasteiger partial charge on any atom is -0.357 e. The Morgan fingerprint density at radius 2 is 2.07 bits per heavy atom. The fourth-order valence-electron chi connectivity index (χ4n) is 3.78. The van der Waals surface area contributed by atoms with Crippen LogP contribution in [0.1, 0.15) is 16.8 Å². The predicted octanol–water partition coefficient (Wildman–Crippen LogP) is 3.85. The highest BCUT2D eigenvalue weighted by molar-refractivity contribution is 5.89. The first kappa shape index (κ1) is 16.6. The van der Waals surface area contributed by atoms with Crippen LogP contribution in [-0.4, -0.2) is 37.6 Å². The van der Waals surface area contributed by atoms with Crippen molar-refractivity contribution in [3.8, 4) is 11.4 Å². The zero-order chi connectivity index (χ0) is 19.1. The Morgan fingerprint density at radius 1 is 1.18 bits per heavy atom. The number of urea groups is 1. The maximum absolute atomic E-state index is 12.7. The summed E-state index contributed by atoms with van der Waals surface area (Å²) in [7, 11) is 0. The minimum absolute atomic E-state index is 0.195. The number of fused-ring (bicyclic) bond motifs is 3. The monoisotopic (exact) mass is 372 g/mol. The Hall–Kier alpha value is -3.61. The molecule has 3 heterocycles. The van der Waals surface area contributed by atoms with E-state index in [9.17, 15) is 4.79 Å². The Labute approximate surface area is 161 Å². The molecule has 0 aliphatic carbocycles. The summed E-state index contributed by atoms with van der Waals surface area (Å²) in [5.41, 5.74) is 5.60. The number of amides is 2. The smallest absolute Gasteiger partial charge is 0.324 e. The van der Waals surface area contributed by atoms with Crippen molar-refractivity contribution < 1.29 is 4.79 Å². The first-order chi connectivity index (χ1) is 13.7. The first-order valence-corrected chi connectivity index (χ1v) is 9.31. The number of hydrogen-bond donors (Lipinski definition) is 3. The standard InChI is InChI=1S/C21H20N6O/c1-13-5-4-6-14(11-13)19-23-20(26-25-19)24-21(28)27-10-9-16-15-7-2-3-8-17(15)22-18(16)12-27/h2-8,11,22H,9-10,12H2,1H3,(H2,23,24,25,26,28). The van der Waals surface area contributed by atoms with Gasteiger partial charge in [-0.1, -0.05) is 42.0 Å². The molecule has 3 N–H and O–H groups in total. The van der Waals surface area contributed by atoms with Crippen molar-refractivity contribution in [1.29, 1.82) is 0 Å². The second kappa shape index (κ2) is 6.53. The number of nitrogens with zero attached hydrogens (tertiary/aromatic N) is 3. The molecule has 0 saturated carbocycles. The number of nitrogens with one attached hydrogen (secondary N) is 3. The van der Waals surface area contributed by atoms with E-state index in [1.165, 1.54) is 10.9 Å². The third kappa shape index (κ3) is 2.90. The molecule has 0 unspecified atom stereocenters. The molecule has 4 aromatic rings. The Morgan fingerprint density at radius 3 is 2.96 bits per heavy atom. The predicted molar refractivity (Wildman–Crippen MR) is 108 cm³/mol. The third-order valence-corrected chi connectivity index (χ3v) is 5.17. The van der Waals surface area contributed by atoms with Gasteiger partial charge < -0.3 is 9.88 Å². The van der Waals surface area contributed by atoms with Gasteiger partial charge in [0, 0.05) is 28.7 Å². The highest BCUT2D eigenvalue weighted by Gasteiger charge is 2.24. The second-order valence-electron chi connectivity index (χ2n) is 7.11. The van der Waals surface area contributed by atoms with Gasteiger partial charge in [0.2, 0.25) is 5.95 Å². The van der Waals surface area contributed by atoms with Gasteiger partial charge in [-0.3, -0.25) is 10.4 Å². The molecule has 0 fully saturated rings. The number of anilines is 1. The molecular weight excluding hydrogens is 352 g/mol. The average molecular weight is 372 g/mol. The highest BCUT2D eigenvalue weighted by atomic mass is 16.2. The Bertz CT molecular complexity index is 1170. The van der Waals surface area contributed by atoms with Gasteiger partial charge in [-0.2, -0.15) is 4.98 Å². The number of aryl methyl sites for hydroxylation is 1. The topological polar surface area (TPSA) is 89.7 Å². The van der Waals surface area contributed by atoms with Crippen molar-refractivity contribution in [2.75, 3.05) is 11.9 Å². The van der Waals surface area contributed by atoms with E-state index in [1.54, 1.807) is 4.90 Å². The molecule has 2 aromatic heterocycles. The molecule has 0 bridgehead atoms. The summed E-state index contributed by atoms with van der Waals surface area (Å²) < 4.78 is 0. The van der Waals surface area contributed by atoms with Crippen LogP contribution in [0.2, 0.25) is 0 Å². The first-order valence-electron chi connectivity index (χ1n) is 9.31. The lowest BCUT2D eigenvalue weighted by atomic mass is 10.0. The molecule has 2 amide bonds. The van der Waals surface area contributed by atoms with Crippen LogP contribution in [0.5, 0.6) is 0 Å². The summed E-state index contributed by atoms with van der Waals surface area (Å²) in [5, 5.41) is 11.1. The van der Waals surface area contributed by atoms with Crippen LogP contribution < -0.4 is 5.32 Å². The summed E-state index contributed by atoms with van der Waals surface area (Å²) in [6, 6.07) is 16.0. The van der Waals surface area contributed by atoms with Crippen molar-refractivity contribution >= 4 is 22.9 Å². The van der Waals surface area contributed by atoms with Gasteiger partial charge in [0.1, 0.15) is 0 Å². The van der Waals surface area contributed by atoms with Gasteiger partial charge in [-0.05, 0) is 31.0 Å². The summed E-state index contributed by atoms with van der Waals surface area (Å²) in [6.07, 6.45) is 0.829. The van der Waals surface area contributed by atoms with E-state index in [0.717, 1.165) is 28.8 Å². The molecule has 1 aliphatic heterocycles. The van der Waals surface area contributed by atoms with Crippen LogP contribution in [0.25, 0.3) is 22.3 Å². The number of rotatable bonds is 2. The van der Waals surface area contributed by atoms with E-state index < -0.39 is 0 Å². The van der Waals surface area contributed by atoms with E-state index in [4.69, 9.17) is 0 Å². The molecule has 28 heavy (non-hydrogen) atoms. The average Bonchev–Trinajstić information content (AvgIpc) is 3.31. The summed E-state index contributed by atoms with van der Waals surface area (Å²) >= 11 is 0. The van der Waals surface area contributed by atoms with Gasteiger partial charge in [0.25, 0.3) is 0 Å². The zero-order valence-electron chi connectivity index (χ0n) is 15.5. The van der Waals surface area contributed by atoms with Crippen molar-refractivity contribution in [1.82, 2.24) is 25.1 Å². The zero-order valence-corrected chi connectivity index (χ0v) is 15.5. The number of para-hydroxylation sites is 1. The number of aromatic nitrogens is 4.